The normalized spacial score (nSPS) is 10.7. The van der Waals surface area contributed by atoms with Crippen molar-refractivity contribution in [2.24, 2.45) is 0 Å². The summed E-state index contributed by atoms with van der Waals surface area (Å²) in [5, 5.41) is 2.53. The molecule has 1 rings (SSSR count). The Morgan fingerprint density at radius 1 is 0.767 bits per heavy atom. The Hall–Kier alpha value is -1.84. The van der Waals surface area contributed by atoms with E-state index in [2.05, 4.69) is 12.2 Å². The van der Waals surface area contributed by atoms with Crippen LogP contribution < -0.4 is 5.32 Å². The number of unbranched alkanes of at least 4 members (excludes halogenated alkanes) is 15. The zero-order valence-corrected chi connectivity index (χ0v) is 19.1. The van der Waals surface area contributed by atoms with Crippen molar-refractivity contribution < 1.29 is 14.3 Å². The van der Waals surface area contributed by atoms with E-state index in [1.54, 1.807) is 24.3 Å². The summed E-state index contributed by atoms with van der Waals surface area (Å²) < 4.78 is 5.34. The Kier molecular flexibility index (Phi) is 16.7. The molecule has 1 amide bonds. The standard InChI is InChI=1S/C26H43NO3/c1-2-3-4-5-6-7-8-9-10-11-12-13-14-15-16-19-22-30-26(29)24-20-17-18-21-25(24)27-23-28/h17-18,20-21,23H,2-16,19,22H2,1H3,(H,27,28). The van der Waals surface area contributed by atoms with E-state index in [-0.39, 0.29) is 5.97 Å². The minimum Gasteiger partial charge on any atom is -0.462 e. The molecule has 0 aliphatic heterocycles. The lowest BCUT2D eigenvalue weighted by Crippen LogP contribution is -2.10. The number of amides is 1. The van der Waals surface area contributed by atoms with Crippen LogP contribution in [0.15, 0.2) is 24.3 Å². The van der Waals surface area contributed by atoms with Crippen LogP contribution in [0.3, 0.4) is 0 Å². The maximum absolute atomic E-state index is 12.1. The Labute approximate surface area is 184 Å². The molecule has 4 nitrogen and oxygen atoms in total. The first-order valence-corrected chi connectivity index (χ1v) is 12.3. The lowest BCUT2D eigenvalue weighted by Gasteiger charge is -2.08. The largest absolute Gasteiger partial charge is 0.462 e. The van der Waals surface area contributed by atoms with E-state index in [0.29, 0.717) is 24.3 Å². The lowest BCUT2D eigenvalue weighted by molar-refractivity contribution is -0.105. The SMILES string of the molecule is CCCCCCCCCCCCCCCCCCOC(=O)c1ccccc1NC=O. The third-order valence-electron chi connectivity index (χ3n) is 5.59. The van der Waals surface area contributed by atoms with Gasteiger partial charge in [0.1, 0.15) is 0 Å². The van der Waals surface area contributed by atoms with Crippen molar-refractivity contribution >= 4 is 18.1 Å². The number of benzene rings is 1. The van der Waals surface area contributed by atoms with Crippen LogP contribution in [0.2, 0.25) is 0 Å². The molecule has 0 fully saturated rings. The number of hydrogen-bond donors (Lipinski definition) is 1. The first kappa shape index (κ1) is 26.2. The van der Waals surface area contributed by atoms with E-state index in [4.69, 9.17) is 4.74 Å². The maximum Gasteiger partial charge on any atom is 0.340 e. The van der Waals surface area contributed by atoms with E-state index in [1.807, 2.05) is 0 Å². The summed E-state index contributed by atoms with van der Waals surface area (Å²) in [5.41, 5.74) is 0.894. The molecule has 0 aliphatic carbocycles. The first-order chi connectivity index (χ1) is 14.8. The van der Waals surface area contributed by atoms with Gasteiger partial charge in [0, 0.05) is 0 Å². The number of ether oxygens (including phenoxy) is 1. The van der Waals surface area contributed by atoms with Crippen molar-refractivity contribution in [2.45, 2.75) is 110 Å². The zero-order valence-electron chi connectivity index (χ0n) is 19.1. The van der Waals surface area contributed by atoms with Crippen LogP contribution in [0.1, 0.15) is 120 Å². The molecule has 0 saturated heterocycles. The van der Waals surface area contributed by atoms with E-state index < -0.39 is 0 Å². The van der Waals surface area contributed by atoms with Crippen molar-refractivity contribution in [3.63, 3.8) is 0 Å². The highest BCUT2D eigenvalue weighted by Gasteiger charge is 2.11. The first-order valence-electron chi connectivity index (χ1n) is 12.3. The Balaban J connectivity index is 1.88. The Morgan fingerprint density at radius 2 is 1.23 bits per heavy atom. The van der Waals surface area contributed by atoms with Gasteiger partial charge in [-0.1, -0.05) is 115 Å². The van der Waals surface area contributed by atoms with Gasteiger partial charge in [0.05, 0.1) is 17.9 Å². The molecule has 0 spiro atoms. The molecule has 0 atom stereocenters. The highest BCUT2D eigenvalue weighted by Crippen LogP contribution is 2.16. The van der Waals surface area contributed by atoms with Crippen molar-refractivity contribution in [1.29, 1.82) is 0 Å². The number of anilines is 1. The number of nitrogens with one attached hydrogen (secondary N) is 1. The second-order valence-corrected chi connectivity index (χ2v) is 8.25. The van der Waals surface area contributed by atoms with Gasteiger partial charge in [-0.2, -0.15) is 0 Å². The van der Waals surface area contributed by atoms with Gasteiger partial charge in [0.25, 0.3) is 0 Å². The minimum absolute atomic E-state index is 0.374. The molecule has 0 heterocycles. The van der Waals surface area contributed by atoms with Crippen molar-refractivity contribution in [2.75, 3.05) is 11.9 Å². The molecule has 0 saturated carbocycles. The molecule has 30 heavy (non-hydrogen) atoms. The highest BCUT2D eigenvalue weighted by atomic mass is 16.5. The summed E-state index contributed by atoms with van der Waals surface area (Å²) in [4.78, 5) is 22.7. The fraction of sp³-hybridized carbons (Fsp3) is 0.692. The molecular formula is C26H43NO3. The Morgan fingerprint density at radius 3 is 1.73 bits per heavy atom. The second-order valence-electron chi connectivity index (χ2n) is 8.25. The van der Waals surface area contributed by atoms with Crippen LogP contribution in [0.25, 0.3) is 0 Å². The summed E-state index contributed by atoms with van der Waals surface area (Å²) in [6, 6.07) is 6.90. The number of carbonyl (C=O) groups is 2. The van der Waals surface area contributed by atoms with E-state index in [0.717, 1.165) is 12.8 Å². The van der Waals surface area contributed by atoms with Crippen LogP contribution in [0.4, 0.5) is 5.69 Å². The molecule has 0 radical (unpaired) electrons. The van der Waals surface area contributed by atoms with Crippen molar-refractivity contribution in [1.82, 2.24) is 0 Å². The average molecular weight is 418 g/mol. The third-order valence-corrected chi connectivity index (χ3v) is 5.59. The van der Waals surface area contributed by atoms with Crippen LogP contribution in [-0.4, -0.2) is 19.0 Å². The smallest absolute Gasteiger partial charge is 0.340 e. The summed E-state index contributed by atoms with van der Waals surface area (Å²) >= 11 is 0. The summed E-state index contributed by atoms with van der Waals surface area (Å²) in [6.45, 7) is 2.71. The molecular weight excluding hydrogens is 374 g/mol. The van der Waals surface area contributed by atoms with Gasteiger partial charge in [0.15, 0.2) is 0 Å². The predicted octanol–water partition coefficient (Wildman–Crippen LogP) is 7.67. The number of esters is 1. The van der Waals surface area contributed by atoms with Gasteiger partial charge in [-0.25, -0.2) is 4.79 Å². The lowest BCUT2D eigenvalue weighted by atomic mass is 10.0. The topological polar surface area (TPSA) is 55.4 Å². The van der Waals surface area contributed by atoms with Gasteiger partial charge in [-0.3, -0.25) is 4.79 Å². The molecule has 4 heteroatoms. The molecule has 0 unspecified atom stereocenters. The third kappa shape index (κ3) is 13.4. The number of carbonyl (C=O) groups excluding carboxylic acids is 2. The van der Waals surface area contributed by atoms with E-state index in [9.17, 15) is 9.59 Å². The van der Waals surface area contributed by atoms with Gasteiger partial charge < -0.3 is 10.1 Å². The average Bonchev–Trinajstić information content (AvgIpc) is 2.76. The second kappa shape index (κ2) is 19.1. The van der Waals surface area contributed by atoms with Crippen LogP contribution in [0.5, 0.6) is 0 Å². The summed E-state index contributed by atoms with van der Waals surface area (Å²) in [7, 11) is 0. The predicted molar refractivity (Wildman–Crippen MR) is 126 cm³/mol. The van der Waals surface area contributed by atoms with Gasteiger partial charge in [-0.15, -0.1) is 0 Å². The van der Waals surface area contributed by atoms with Crippen LogP contribution in [-0.2, 0) is 9.53 Å². The summed E-state index contributed by atoms with van der Waals surface area (Å²) in [5.74, 6) is -0.374. The molecule has 1 aromatic carbocycles. The summed E-state index contributed by atoms with van der Waals surface area (Å²) in [6.07, 6.45) is 21.8. The molecule has 0 bridgehead atoms. The molecule has 170 valence electrons. The van der Waals surface area contributed by atoms with Crippen molar-refractivity contribution in [3.05, 3.63) is 29.8 Å². The monoisotopic (exact) mass is 417 g/mol. The quantitative estimate of drug-likeness (QED) is 0.134. The molecule has 1 N–H and O–H groups in total. The Bertz CT molecular complexity index is 559. The fourth-order valence-corrected chi connectivity index (χ4v) is 3.74. The van der Waals surface area contributed by atoms with Gasteiger partial charge in [-0.05, 0) is 18.6 Å². The fourth-order valence-electron chi connectivity index (χ4n) is 3.74. The van der Waals surface area contributed by atoms with Crippen LogP contribution >= 0.6 is 0 Å². The van der Waals surface area contributed by atoms with Crippen LogP contribution in [0, 0.1) is 0 Å². The van der Waals surface area contributed by atoms with E-state index >= 15 is 0 Å². The maximum atomic E-state index is 12.1. The molecule has 1 aromatic rings. The number of para-hydroxylation sites is 1. The zero-order chi connectivity index (χ0) is 21.7. The number of rotatable bonds is 20. The highest BCUT2D eigenvalue weighted by molar-refractivity contribution is 5.97. The van der Waals surface area contributed by atoms with E-state index in [1.165, 1.54) is 89.9 Å². The number of hydrogen-bond acceptors (Lipinski definition) is 3. The van der Waals surface area contributed by atoms with Gasteiger partial charge in [0.2, 0.25) is 6.41 Å². The van der Waals surface area contributed by atoms with Gasteiger partial charge >= 0.3 is 5.97 Å². The van der Waals surface area contributed by atoms with Crippen molar-refractivity contribution in [3.8, 4) is 0 Å². The molecule has 0 aliphatic rings. The minimum atomic E-state index is -0.374. The molecule has 0 aromatic heterocycles.